The molecule has 10 heteroatoms. The van der Waals surface area contributed by atoms with Crippen LogP contribution in [0.4, 0.5) is 5.69 Å². The fourth-order valence-corrected chi connectivity index (χ4v) is 4.42. The highest BCUT2D eigenvalue weighted by atomic mass is 16.4. The van der Waals surface area contributed by atoms with Gasteiger partial charge in [-0.15, -0.1) is 0 Å². The Hall–Kier alpha value is -3.69. The van der Waals surface area contributed by atoms with Crippen LogP contribution in [0.2, 0.25) is 0 Å². The molecule has 0 bridgehead atoms. The Morgan fingerprint density at radius 2 is 1.81 bits per heavy atom. The fourth-order valence-electron chi connectivity index (χ4n) is 4.42. The van der Waals surface area contributed by atoms with Crippen LogP contribution in [0.25, 0.3) is 11.0 Å². The molecule has 3 atom stereocenters. The number of fused-ring (bicyclic) bond motifs is 1. The normalized spacial score (nSPS) is 17.1. The van der Waals surface area contributed by atoms with Crippen LogP contribution >= 0.6 is 0 Å². The second-order valence-electron chi connectivity index (χ2n) is 9.74. The first-order chi connectivity index (χ1) is 17.0. The zero-order chi connectivity index (χ0) is 26.6. The minimum Gasteiger partial charge on any atom is -0.423 e. The van der Waals surface area contributed by atoms with E-state index in [9.17, 15) is 24.0 Å². The monoisotopic (exact) mass is 498 g/mol. The molecule has 0 spiro atoms. The van der Waals surface area contributed by atoms with Gasteiger partial charge in [0.1, 0.15) is 23.7 Å². The molecule has 194 valence electrons. The Morgan fingerprint density at radius 1 is 1.08 bits per heavy atom. The van der Waals surface area contributed by atoms with E-state index in [1.807, 2.05) is 13.8 Å². The predicted molar refractivity (Wildman–Crippen MR) is 135 cm³/mol. The third-order valence-corrected chi connectivity index (χ3v) is 6.27. The standard InChI is InChI=1S/C26H34N4O6/c1-14(2)11-20(25(34)28-18-8-9-19-15(3)12-23(32)36-22(19)13-18)29-24(33)16(4)27-26(35)21-7-6-10-30(21)17(5)31/h8-9,12-14,16,20-21H,6-7,10-11H2,1-5H3,(H,27,35)(H,28,34)(H,29,33)/t16-,20-,21-/m0/s1. The van der Waals surface area contributed by atoms with Gasteiger partial charge in [-0.2, -0.15) is 0 Å². The van der Waals surface area contributed by atoms with Crippen molar-refractivity contribution in [3.63, 3.8) is 0 Å². The van der Waals surface area contributed by atoms with Crippen LogP contribution in [0.5, 0.6) is 0 Å². The van der Waals surface area contributed by atoms with Gasteiger partial charge >= 0.3 is 5.63 Å². The van der Waals surface area contributed by atoms with Gasteiger partial charge < -0.3 is 25.3 Å². The molecule has 1 aliphatic heterocycles. The lowest BCUT2D eigenvalue weighted by Gasteiger charge is -2.25. The third kappa shape index (κ3) is 6.50. The number of nitrogens with zero attached hydrogens (tertiary/aromatic N) is 1. The van der Waals surface area contributed by atoms with Crippen LogP contribution in [0.1, 0.15) is 52.5 Å². The lowest BCUT2D eigenvalue weighted by molar-refractivity contribution is -0.138. The molecule has 1 aliphatic rings. The molecule has 0 unspecified atom stereocenters. The molecule has 2 heterocycles. The van der Waals surface area contributed by atoms with Crippen molar-refractivity contribution in [1.29, 1.82) is 0 Å². The first kappa shape index (κ1) is 26.9. The van der Waals surface area contributed by atoms with E-state index in [4.69, 9.17) is 4.42 Å². The maximum Gasteiger partial charge on any atom is 0.336 e. The van der Waals surface area contributed by atoms with Crippen molar-refractivity contribution in [2.45, 2.75) is 72.0 Å². The van der Waals surface area contributed by atoms with Crippen molar-refractivity contribution in [2.75, 3.05) is 11.9 Å². The van der Waals surface area contributed by atoms with Gasteiger partial charge in [0.15, 0.2) is 0 Å². The van der Waals surface area contributed by atoms with Crippen LogP contribution in [-0.4, -0.2) is 53.2 Å². The smallest absolute Gasteiger partial charge is 0.336 e. The number of anilines is 1. The number of hydrogen-bond donors (Lipinski definition) is 3. The van der Waals surface area contributed by atoms with Gasteiger partial charge in [-0.1, -0.05) is 13.8 Å². The van der Waals surface area contributed by atoms with Crippen LogP contribution in [0, 0.1) is 12.8 Å². The molecule has 0 aliphatic carbocycles. The number of rotatable bonds is 8. The molecule has 2 aromatic rings. The lowest BCUT2D eigenvalue weighted by atomic mass is 10.0. The fraction of sp³-hybridized carbons (Fsp3) is 0.500. The van der Waals surface area contributed by atoms with E-state index >= 15 is 0 Å². The average molecular weight is 499 g/mol. The number of amides is 4. The van der Waals surface area contributed by atoms with Crippen molar-refractivity contribution in [2.24, 2.45) is 5.92 Å². The molecular weight excluding hydrogens is 464 g/mol. The summed E-state index contributed by atoms with van der Waals surface area (Å²) in [5.41, 5.74) is 1.07. The summed E-state index contributed by atoms with van der Waals surface area (Å²) in [6, 6.07) is 4.09. The molecule has 3 rings (SSSR count). The SMILES string of the molecule is CC(=O)N1CCC[C@H]1C(=O)N[C@@H](C)C(=O)N[C@@H](CC(C)C)C(=O)Nc1ccc2c(C)cc(=O)oc2c1. The summed E-state index contributed by atoms with van der Waals surface area (Å²) in [6.07, 6.45) is 1.65. The van der Waals surface area contributed by atoms with E-state index in [2.05, 4.69) is 16.0 Å². The van der Waals surface area contributed by atoms with E-state index in [1.165, 1.54) is 24.8 Å². The molecule has 1 fully saturated rings. The number of carbonyl (C=O) groups excluding carboxylic acids is 4. The van der Waals surface area contributed by atoms with Crippen molar-refractivity contribution in [3.05, 3.63) is 40.2 Å². The Balaban J connectivity index is 1.67. The molecule has 1 aromatic heterocycles. The summed E-state index contributed by atoms with van der Waals surface area (Å²) in [5.74, 6) is -1.39. The summed E-state index contributed by atoms with van der Waals surface area (Å²) in [5, 5.41) is 8.94. The Labute approximate surface area is 209 Å². The number of carbonyl (C=O) groups is 4. The van der Waals surface area contributed by atoms with Gasteiger partial charge in [0.2, 0.25) is 23.6 Å². The van der Waals surface area contributed by atoms with E-state index in [0.717, 1.165) is 17.4 Å². The maximum absolute atomic E-state index is 13.1. The van der Waals surface area contributed by atoms with Crippen LogP contribution in [0.15, 0.2) is 33.5 Å². The zero-order valence-corrected chi connectivity index (χ0v) is 21.3. The molecule has 0 radical (unpaired) electrons. The minimum absolute atomic E-state index is 0.103. The van der Waals surface area contributed by atoms with Gasteiger partial charge in [-0.25, -0.2) is 4.79 Å². The Kier molecular flexibility index (Phi) is 8.49. The molecule has 1 saturated heterocycles. The molecule has 1 aromatic carbocycles. The van der Waals surface area contributed by atoms with Gasteiger partial charge in [-0.3, -0.25) is 19.2 Å². The van der Waals surface area contributed by atoms with Crippen LogP contribution in [0.3, 0.4) is 0 Å². The molecule has 10 nitrogen and oxygen atoms in total. The highest BCUT2D eigenvalue weighted by Gasteiger charge is 2.34. The topological polar surface area (TPSA) is 138 Å². The molecule has 36 heavy (non-hydrogen) atoms. The highest BCUT2D eigenvalue weighted by Crippen LogP contribution is 2.21. The predicted octanol–water partition coefficient (Wildman–Crippen LogP) is 2.09. The van der Waals surface area contributed by atoms with Crippen LogP contribution < -0.4 is 21.6 Å². The molecule has 0 saturated carbocycles. The maximum atomic E-state index is 13.1. The largest absolute Gasteiger partial charge is 0.423 e. The van der Waals surface area contributed by atoms with Crippen LogP contribution in [-0.2, 0) is 19.2 Å². The summed E-state index contributed by atoms with van der Waals surface area (Å²) in [6.45, 7) is 9.14. The highest BCUT2D eigenvalue weighted by molar-refractivity contribution is 6.00. The summed E-state index contributed by atoms with van der Waals surface area (Å²) in [7, 11) is 0. The second-order valence-corrected chi connectivity index (χ2v) is 9.74. The van der Waals surface area contributed by atoms with E-state index in [0.29, 0.717) is 30.7 Å². The summed E-state index contributed by atoms with van der Waals surface area (Å²) in [4.78, 5) is 63.6. The lowest BCUT2D eigenvalue weighted by Crippen LogP contribution is -2.54. The van der Waals surface area contributed by atoms with Crippen molar-refractivity contribution >= 4 is 40.3 Å². The first-order valence-electron chi connectivity index (χ1n) is 12.2. The second kappa shape index (κ2) is 11.4. The number of likely N-dealkylation sites (tertiary alicyclic amines) is 1. The Morgan fingerprint density at radius 3 is 2.47 bits per heavy atom. The van der Waals surface area contributed by atoms with Gasteiger partial charge in [-0.05, 0) is 56.7 Å². The zero-order valence-electron chi connectivity index (χ0n) is 21.3. The van der Waals surface area contributed by atoms with E-state index < -0.39 is 35.6 Å². The van der Waals surface area contributed by atoms with Gasteiger partial charge in [0.05, 0.1) is 0 Å². The Bertz CT molecular complexity index is 1220. The average Bonchev–Trinajstić information content (AvgIpc) is 3.28. The quantitative estimate of drug-likeness (QED) is 0.477. The third-order valence-electron chi connectivity index (χ3n) is 6.27. The number of hydrogen-bond acceptors (Lipinski definition) is 6. The van der Waals surface area contributed by atoms with Crippen molar-refractivity contribution in [1.82, 2.24) is 15.5 Å². The first-order valence-corrected chi connectivity index (χ1v) is 12.2. The van der Waals surface area contributed by atoms with Gasteiger partial charge in [0.25, 0.3) is 0 Å². The molecule has 4 amide bonds. The number of nitrogens with one attached hydrogen (secondary N) is 3. The van der Waals surface area contributed by atoms with Gasteiger partial charge in [0, 0.05) is 36.7 Å². The van der Waals surface area contributed by atoms with E-state index in [-0.39, 0.29) is 17.7 Å². The van der Waals surface area contributed by atoms with E-state index in [1.54, 1.807) is 25.1 Å². The summed E-state index contributed by atoms with van der Waals surface area (Å²) < 4.78 is 5.25. The van der Waals surface area contributed by atoms with Crippen molar-refractivity contribution < 1.29 is 23.6 Å². The number of benzene rings is 1. The number of aryl methyl sites for hydroxylation is 1. The summed E-state index contributed by atoms with van der Waals surface area (Å²) >= 11 is 0. The molecular formula is C26H34N4O6. The van der Waals surface area contributed by atoms with Crippen molar-refractivity contribution in [3.8, 4) is 0 Å². The minimum atomic E-state index is -0.896. The molecule has 3 N–H and O–H groups in total.